The normalized spacial score (nSPS) is 10.3. The Morgan fingerprint density at radius 2 is 2.20 bits per heavy atom. The molecule has 2 nitrogen and oxygen atoms in total. The molecule has 0 atom stereocenters. The molecule has 2 rings (SSSR count). The van der Waals surface area contributed by atoms with Crippen molar-refractivity contribution in [1.29, 1.82) is 0 Å². The van der Waals surface area contributed by atoms with Gasteiger partial charge in [-0.3, -0.25) is 0 Å². The SMILES string of the molecule is Cc1ncncc1Cc1cccc(Cl)c1. The number of hydrogen-bond donors (Lipinski definition) is 0. The Balaban J connectivity index is 2.26. The minimum absolute atomic E-state index is 0.766. The van der Waals surface area contributed by atoms with Gasteiger partial charge in [0, 0.05) is 23.3 Å². The zero-order valence-electron chi connectivity index (χ0n) is 8.44. The van der Waals surface area contributed by atoms with E-state index in [4.69, 9.17) is 11.6 Å². The predicted octanol–water partition coefficient (Wildman–Crippen LogP) is 3.03. The van der Waals surface area contributed by atoms with E-state index in [1.165, 1.54) is 5.56 Å². The van der Waals surface area contributed by atoms with Crippen LogP contribution in [-0.4, -0.2) is 9.97 Å². The maximum absolute atomic E-state index is 5.92. The first kappa shape index (κ1) is 10.1. The van der Waals surface area contributed by atoms with Crippen LogP contribution in [0.25, 0.3) is 0 Å². The van der Waals surface area contributed by atoms with E-state index in [1.807, 2.05) is 31.3 Å². The van der Waals surface area contributed by atoms with Crippen molar-refractivity contribution in [1.82, 2.24) is 9.97 Å². The summed E-state index contributed by atoms with van der Waals surface area (Å²) in [5.41, 5.74) is 3.34. The number of benzene rings is 1. The van der Waals surface area contributed by atoms with Crippen LogP contribution in [0.3, 0.4) is 0 Å². The monoisotopic (exact) mass is 218 g/mol. The third-order valence-corrected chi connectivity index (χ3v) is 2.53. The molecule has 0 aliphatic heterocycles. The van der Waals surface area contributed by atoms with Gasteiger partial charge in [-0.05, 0) is 30.2 Å². The van der Waals surface area contributed by atoms with Crippen LogP contribution in [-0.2, 0) is 6.42 Å². The van der Waals surface area contributed by atoms with Crippen LogP contribution in [0.2, 0.25) is 5.02 Å². The zero-order valence-corrected chi connectivity index (χ0v) is 9.20. The molecule has 76 valence electrons. The number of nitrogens with zero attached hydrogens (tertiary/aromatic N) is 2. The standard InChI is InChI=1S/C12H11ClN2/c1-9-11(7-14-8-15-9)5-10-3-2-4-12(13)6-10/h2-4,6-8H,5H2,1H3. The molecule has 0 aliphatic carbocycles. The number of rotatable bonds is 2. The van der Waals surface area contributed by atoms with Gasteiger partial charge >= 0.3 is 0 Å². The minimum atomic E-state index is 0.766. The number of aromatic nitrogens is 2. The van der Waals surface area contributed by atoms with E-state index in [9.17, 15) is 0 Å². The second-order valence-electron chi connectivity index (χ2n) is 3.44. The first-order valence-corrected chi connectivity index (χ1v) is 5.13. The molecule has 1 aromatic carbocycles. The van der Waals surface area contributed by atoms with Crippen LogP contribution in [0.15, 0.2) is 36.8 Å². The van der Waals surface area contributed by atoms with Gasteiger partial charge in [-0.25, -0.2) is 9.97 Å². The van der Waals surface area contributed by atoms with E-state index in [0.29, 0.717) is 0 Å². The Hall–Kier alpha value is -1.41. The number of halogens is 1. The highest BCUT2D eigenvalue weighted by atomic mass is 35.5. The fraction of sp³-hybridized carbons (Fsp3) is 0.167. The first-order valence-electron chi connectivity index (χ1n) is 4.75. The van der Waals surface area contributed by atoms with Crippen LogP contribution < -0.4 is 0 Å². The highest BCUT2D eigenvalue weighted by Gasteiger charge is 2.01. The van der Waals surface area contributed by atoms with E-state index in [2.05, 4.69) is 16.0 Å². The van der Waals surface area contributed by atoms with Crippen molar-refractivity contribution in [2.24, 2.45) is 0 Å². The topological polar surface area (TPSA) is 25.8 Å². The second-order valence-corrected chi connectivity index (χ2v) is 3.88. The molecule has 0 radical (unpaired) electrons. The summed E-state index contributed by atoms with van der Waals surface area (Å²) in [5.74, 6) is 0. The van der Waals surface area contributed by atoms with Crippen LogP contribution in [0, 0.1) is 6.92 Å². The number of aryl methyl sites for hydroxylation is 1. The summed E-state index contributed by atoms with van der Waals surface area (Å²) in [6, 6.07) is 7.85. The molecule has 15 heavy (non-hydrogen) atoms. The van der Waals surface area contributed by atoms with Gasteiger partial charge in [0.15, 0.2) is 0 Å². The molecule has 1 aromatic heterocycles. The molecule has 0 N–H and O–H groups in total. The first-order chi connectivity index (χ1) is 7.25. The van der Waals surface area contributed by atoms with Gasteiger partial charge in [0.25, 0.3) is 0 Å². The van der Waals surface area contributed by atoms with Gasteiger partial charge in [0.2, 0.25) is 0 Å². The van der Waals surface area contributed by atoms with Crippen LogP contribution in [0.5, 0.6) is 0 Å². The predicted molar refractivity (Wildman–Crippen MR) is 61.0 cm³/mol. The lowest BCUT2D eigenvalue weighted by molar-refractivity contribution is 1.02. The summed E-state index contributed by atoms with van der Waals surface area (Å²) in [7, 11) is 0. The molecule has 0 bridgehead atoms. The molecular weight excluding hydrogens is 208 g/mol. The van der Waals surface area contributed by atoms with Crippen molar-refractivity contribution in [3.05, 3.63) is 58.6 Å². The fourth-order valence-electron chi connectivity index (χ4n) is 1.46. The molecule has 3 heteroatoms. The summed E-state index contributed by atoms with van der Waals surface area (Å²) >= 11 is 5.92. The molecule has 0 saturated carbocycles. The van der Waals surface area contributed by atoms with Gasteiger partial charge in [0.1, 0.15) is 6.33 Å². The molecule has 1 heterocycles. The second kappa shape index (κ2) is 4.41. The minimum Gasteiger partial charge on any atom is -0.245 e. The third-order valence-electron chi connectivity index (χ3n) is 2.30. The van der Waals surface area contributed by atoms with Crippen molar-refractivity contribution in [2.75, 3.05) is 0 Å². The van der Waals surface area contributed by atoms with Crippen molar-refractivity contribution in [3.8, 4) is 0 Å². The molecule has 2 aromatic rings. The summed E-state index contributed by atoms with van der Waals surface area (Å²) in [6.07, 6.45) is 4.24. The van der Waals surface area contributed by atoms with E-state index >= 15 is 0 Å². The summed E-state index contributed by atoms with van der Waals surface area (Å²) in [4.78, 5) is 8.17. The van der Waals surface area contributed by atoms with Gasteiger partial charge in [0.05, 0.1) is 0 Å². The maximum Gasteiger partial charge on any atom is 0.115 e. The molecular formula is C12H11ClN2. The van der Waals surface area contributed by atoms with Crippen LogP contribution in [0.1, 0.15) is 16.8 Å². The summed E-state index contributed by atoms with van der Waals surface area (Å²) < 4.78 is 0. The average Bonchev–Trinajstić information content (AvgIpc) is 2.22. The number of hydrogen-bond acceptors (Lipinski definition) is 2. The van der Waals surface area contributed by atoms with Gasteiger partial charge < -0.3 is 0 Å². The average molecular weight is 219 g/mol. The zero-order chi connectivity index (χ0) is 10.7. The van der Waals surface area contributed by atoms with E-state index in [0.717, 1.165) is 22.7 Å². The Morgan fingerprint density at radius 3 is 2.93 bits per heavy atom. The highest BCUT2D eigenvalue weighted by Crippen LogP contribution is 2.15. The Morgan fingerprint density at radius 1 is 1.33 bits per heavy atom. The van der Waals surface area contributed by atoms with E-state index in [-0.39, 0.29) is 0 Å². The lowest BCUT2D eigenvalue weighted by atomic mass is 10.1. The van der Waals surface area contributed by atoms with Gasteiger partial charge in [-0.1, -0.05) is 23.7 Å². The van der Waals surface area contributed by atoms with Crippen LogP contribution >= 0.6 is 11.6 Å². The Labute approximate surface area is 94.0 Å². The van der Waals surface area contributed by atoms with E-state index in [1.54, 1.807) is 6.33 Å². The maximum atomic E-state index is 5.92. The third kappa shape index (κ3) is 2.54. The lowest BCUT2D eigenvalue weighted by Crippen LogP contribution is -1.95. The fourth-order valence-corrected chi connectivity index (χ4v) is 1.67. The van der Waals surface area contributed by atoms with E-state index < -0.39 is 0 Å². The van der Waals surface area contributed by atoms with Crippen molar-refractivity contribution in [3.63, 3.8) is 0 Å². The quantitative estimate of drug-likeness (QED) is 0.775. The molecule has 0 spiro atoms. The summed E-state index contributed by atoms with van der Waals surface area (Å²) in [6.45, 7) is 1.99. The molecule has 0 amide bonds. The molecule has 0 saturated heterocycles. The Kier molecular flexibility index (Phi) is 2.97. The van der Waals surface area contributed by atoms with Gasteiger partial charge in [-0.2, -0.15) is 0 Å². The lowest BCUT2D eigenvalue weighted by Gasteiger charge is -2.04. The molecule has 0 aliphatic rings. The van der Waals surface area contributed by atoms with Crippen molar-refractivity contribution >= 4 is 11.6 Å². The molecule has 0 unspecified atom stereocenters. The summed E-state index contributed by atoms with van der Waals surface area (Å²) in [5, 5.41) is 0.766. The van der Waals surface area contributed by atoms with Crippen LogP contribution in [0.4, 0.5) is 0 Å². The molecule has 0 fully saturated rings. The largest absolute Gasteiger partial charge is 0.245 e. The smallest absolute Gasteiger partial charge is 0.115 e. The highest BCUT2D eigenvalue weighted by molar-refractivity contribution is 6.30. The Bertz CT molecular complexity index is 469. The van der Waals surface area contributed by atoms with Crippen molar-refractivity contribution in [2.45, 2.75) is 13.3 Å². The van der Waals surface area contributed by atoms with Crippen molar-refractivity contribution < 1.29 is 0 Å². The van der Waals surface area contributed by atoms with Gasteiger partial charge in [-0.15, -0.1) is 0 Å².